The lowest BCUT2D eigenvalue weighted by molar-refractivity contribution is -0.144. The van der Waals surface area contributed by atoms with Crippen LogP contribution in [0.25, 0.3) is 0 Å². The second kappa shape index (κ2) is 5.07. The maximum absolute atomic E-state index is 11.7. The largest absolute Gasteiger partial charge is 0.481 e. The normalized spacial score (nSPS) is 32.2. The van der Waals surface area contributed by atoms with Crippen molar-refractivity contribution >= 4 is 21.7 Å². The number of benzene rings is 1. The highest BCUT2D eigenvalue weighted by molar-refractivity contribution is 7.89. The summed E-state index contributed by atoms with van der Waals surface area (Å²) in [6.07, 6.45) is 6.55. The lowest BCUT2D eigenvalue weighted by Crippen LogP contribution is -2.32. The summed E-state index contributed by atoms with van der Waals surface area (Å²) in [5.41, 5.74) is 0.968. The third-order valence-electron chi connectivity index (χ3n) is 6.00. The van der Waals surface area contributed by atoms with Crippen molar-refractivity contribution < 1.29 is 18.3 Å². The van der Waals surface area contributed by atoms with E-state index in [0.717, 1.165) is 18.5 Å². The monoisotopic (exact) mass is 348 g/mol. The zero-order chi connectivity index (χ0) is 17.1. The Balaban J connectivity index is 1.49. The molecule has 0 radical (unpaired) electrons. The van der Waals surface area contributed by atoms with Gasteiger partial charge in [0.15, 0.2) is 0 Å². The van der Waals surface area contributed by atoms with Gasteiger partial charge in [0.2, 0.25) is 10.0 Å². The number of allylic oxidation sites excluding steroid dienone is 2. The highest BCUT2D eigenvalue weighted by Crippen LogP contribution is 2.71. The number of carbonyl (C=O) groups is 1. The standard InChI is InChI=1S/C17H20N2O4S/c18-24(22,23)11-3-1-10(2-4-11)19-9-12-13-5-6-14(15(12)16(20)21)17(13)7-8-17/h1-6,12-15,19H,7-9H2,(H,20,21)(H2,18,22,23). The molecule has 1 aromatic carbocycles. The molecule has 0 saturated heterocycles. The third kappa shape index (κ3) is 2.26. The maximum Gasteiger partial charge on any atom is 0.307 e. The number of carboxylic acids is 1. The summed E-state index contributed by atoms with van der Waals surface area (Å²) in [5, 5.41) is 18.0. The number of aliphatic carboxylic acids is 1. The van der Waals surface area contributed by atoms with Gasteiger partial charge in [0.25, 0.3) is 0 Å². The summed E-state index contributed by atoms with van der Waals surface area (Å²) in [4.78, 5) is 11.8. The van der Waals surface area contributed by atoms with Crippen LogP contribution in [0.4, 0.5) is 5.69 Å². The van der Waals surface area contributed by atoms with Crippen molar-refractivity contribution in [1.29, 1.82) is 0 Å². The number of primary sulfonamides is 1. The fourth-order valence-electron chi connectivity index (χ4n) is 4.78. The lowest BCUT2D eigenvalue weighted by Gasteiger charge is -2.25. The Labute approximate surface area is 140 Å². The second-order valence-corrected chi connectivity index (χ2v) is 8.71. The van der Waals surface area contributed by atoms with Gasteiger partial charge < -0.3 is 10.4 Å². The SMILES string of the molecule is NS(=O)(=O)c1ccc(NCC2C(C(=O)O)C3C=CC2C32CC2)cc1. The van der Waals surface area contributed by atoms with Crippen LogP contribution in [-0.2, 0) is 14.8 Å². The van der Waals surface area contributed by atoms with E-state index in [1.807, 2.05) is 0 Å². The number of hydrogen-bond acceptors (Lipinski definition) is 4. The second-order valence-electron chi connectivity index (χ2n) is 7.15. The Morgan fingerprint density at radius 3 is 2.38 bits per heavy atom. The average molecular weight is 348 g/mol. The molecule has 3 aliphatic rings. The minimum atomic E-state index is -3.70. The first-order valence-corrected chi connectivity index (χ1v) is 9.65. The van der Waals surface area contributed by atoms with Crippen molar-refractivity contribution in [3.8, 4) is 0 Å². The molecule has 2 saturated carbocycles. The minimum Gasteiger partial charge on any atom is -0.481 e. The van der Waals surface area contributed by atoms with Crippen molar-refractivity contribution in [2.24, 2.45) is 34.2 Å². The Hall–Kier alpha value is -1.86. The minimum absolute atomic E-state index is 0.0660. The molecule has 4 rings (SSSR count). The summed E-state index contributed by atoms with van der Waals surface area (Å²) in [6, 6.07) is 6.22. The predicted octanol–water partition coefficient (Wildman–Crippen LogP) is 1.66. The summed E-state index contributed by atoms with van der Waals surface area (Å²) in [5.74, 6) is -0.484. The quantitative estimate of drug-likeness (QED) is 0.701. The number of rotatable bonds is 5. The molecule has 0 aliphatic heterocycles. The van der Waals surface area contributed by atoms with Crippen molar-refractivity contribution in [2.75, 3.05) is 11.9 Å². The average Bonchev–Trinajstić information content (AvgIpc) is 3.19. The van der Waals surface area contributed by atoms with Gasteiger partial charge in [-0.2, -0.15) is 0 Å². The van der Waals surface area contributed by atoms with E-state index in [4.69, 9.17) is 5.14 Å². The first-order valence-electron chi connectivity index (χ1n) is 8.11. The number of hydrogen-bond donors (Lipinski definition) is 3. The Bertz CT molecular complexity index is 811. The Morgan fingerprint density at radius 1 is 1.21 bits per heavy atom. The van der Waals surface area contributed by atoms with Crippen LogP contribution in [0.15, 0.2) is 41.3 Å². The van der Waals surface area contributed by atoms with Crippen molar-refractivity contribution in [3.05, 3.63) is 36.4 Å². The fraction of sp³-hybridized carbons (Fsp3) is 0.471. The van der Waals surface area contributed by atoms with Crippen molar-refractivity contribution in [1.82, 2.24) is 0 Å². The van der Waals surface area contributed by atoms with Crippen LogP contribution in [0.3, 0.4) is 0 Å². The molecule has 24 heavy (non-hydrogen) atoms. The topological polar surface area (TPSA) is 109 Å². The molecular weight excluding hydrogens is 328 g/mol. The molecule has 2 fully saturated rings. The summed E-state index contributed by atoms with van der Waals surface area (Å²) >= 11 is 0. The Kier molecular flexibility index (Phi) is 3.30. The molecule has 7 heteroatoms. The van der Waals surface area contributed by atoms with Crippen LogP contribution >= 0.6 is 0 Å². The number of anilines is 1. The third-order valence-corrected chi connectivity index (χ3v) is 6.93. The van der Waals surface area contributed by atoms with Crippen LogP contribution in [0.2, 0.25) is 0 Å². The van der Waals surface area contributed by atoms with Crippen LogP contribution in [0.1, 0.15) is 12.8 Å². The van der Waals surface area contributed by atoms with Crippen molar-refractivity contribution in [2.45, 2.75) is 17.7 Å². The van der Waals surface area contributed by atoms with Crippen LogP contribution in [0.5, 0.6) is 0 Å². The van der Waals surface area contributed by atoms with Gasteiger partial charge in [0, 0.05) is 12.2 Å². The molecule has 128 valence electrons. The molecule has 4 atom stereocenters. The predicted molar refractivity (Wildman–Crippen MR) is 88.7 cm³/mol. The first kappa shape index (κ1) is 15.7. The van der Waals surface area contributed by atoms with Gasteiger partial charge in [-0.3, -0.25) is 4.79 Å². The highest BCUT2D eigenvalue weighted by atomic mass is 32.2. The molecule has 4 unspecified atom stereocenters. The molecule has 1 spiro atoms. The van der Waals surface area contributed by atoms with E-state index in [-0.39, 0.29) is 28.1 Å². The van der Waals surface area contributed by atoms with Crippen LogP contribution in [-0.4, -0.2) is 26.0 Å². The fourth-order valence-corrected chi connectivity index (χ4v) is 5.30. The molecule has 3 aliphatic carbocycles. The van der Waals surface area contributed by atoms with E-state index >= 15 is 0 Å². The van der Waals surface area contributed by atoms with Crippen molar-refractivity contribution in [3.63, 3.8) is 0 Å². The van der Waals surface area contributed by atoms with Crippen LogP contribution < -0.4 is 10.5 Å². The number of sulfonamides is 1. The summed E-state index contributed by atoms with van der Waals surface area (Å²) in [7, 11) is -3.70. The van der Waals surface area contributed by atoms with E-state index in [9.17, 15) is 18.3 Å². The van der Waals surface area contributed by atoms with Gasteiger partial charge in [-0.1, -0.05) is 12.2 Å². The molecule has 2 bridgehead atoms. The smallest absolute Gasteiger partial charge is 0.307 e. The van der Waals surface area contributed by atoms with Gasteiger partial charge in [-0.15, -0.1) is 0 Å². The molecule has 0 aromatic heterocycles. The van der Waals surface area contributed by atoms with Gasteiger partial charge in [-0.05, 0) is 60.3 Å². The van der Waals surface area contributed by atoms with E-state index in [1.54, 1.807) is 12.1 Å². The van der Waals surface area contributed by atoms with E-state index in [1.165, 1.54) is 12.1 Å². The number of nitrogens with one attached hydrogen (secondary N) is 1. The van der Waals surface area contributed by atoms with E-state index < -0.39 is 16.0 Å². The highest BCUT2D eigenvalue weighted by Gasteiger charge is 2.68. The van der Waals surface area contributed by atoms with Gasteiger partial charge in [-0.25, -0.2) is 13.6 Å². The van der Waals surface area contributed by atoms with E-state index in [2.05, 4.69) is 17.5 Å². The van der Waals surface area contributed by atoms with E-state index in [0.29, 0.717) is 12.5 Å². The molecule has 0 amide bonds. The zero-order valence-corrected chi connectivity index (χ0v) is 13.9. The van der Waals surface area contributed by atoms with Gasteiger partial charge in [0.05, 0.1) is 10.8 Å². The Morgan fingerprint density at radius 2 is 1.83 bits per heavy atom. The van der Waals surface area contributed by atoms with Gasteiger partial charge >= 0.3 is 5.97 Å². The molecule has 0 heterocycles. The molecule has 6 nitrogen and oxygen atoms in total. The van der Waals surface area contributed by atoms with Gasteiger partial charge in [0.1, 0.15) is 0 Å². The molecule has 1 aromatic rings. The summed E-state index contributed by atoms with van der Waals surface area (Å²) in [6.45, 7) is 0.568. The molecular formula is C17H20N2O4S. The first-order chi connectivity index (χ1) is 11.3. The number of carboxylic acid groups (broad SMARTS) is 1. The molecule has 4 N–H and O–H groups in total. The lowest BCUT2D eigenvalue weighted by atomic mass is 9.83. The summed E-state index contributed by atoms with van der Waals surface area (Å²) < 4.78 is 22.6. The maximum atomic E-state index is 11.7. The zero-order valence-electron chi connectivity index (χ0n) is 13.1. The number of nitrogens with two attached hydrogens (primary N) is 1. The van der Waals surface area contributed by atoms with Crippen LogP contribution in [0, 0.1) is 29.1 Å².